The van der Waals surface area contributed by atoms with Crippen LogP contribution in [-0.4, -0.2) is 47.2 Å². The molecule has 1 aliphatic carbocycles. The molecule has 98 valence electrons. The predicted octanol–water partition coefficient (Wildman–Crippen LogP) is 0.890. The maximum absolute atomic E-state index is 12.4. The van der Waals surface area contributed by atoms with E-state index in [-0.39, 0.29) is 18.6 Å². The van der Waals surface area contributed by atoms with Gasteiger partial charge in [-0.1, -0.05) is 0 Å². The molecule has 4 nitrogen and oxygen atoms in total. The Morgan fingerprint density at radius 3 is 2.53 bits per heavy atom. The summed E-state index contributed by atoms with van der Waals surface area (Å²) in [6, 6.07) is 0.801. The highest BCUT2D eigenvalue weighted by atomic mass is 16.3. The fourth-order valence-corrected chi connectivity index (χ4v) is 2.81. The molecule has 2 unspecified atom stereocenters. The number of aliphatic hydroxyl groups is 1. The molecule has 2 rings (SSSR count). The van der Waals surface area contributed by atoms with E-state index in [1.165, 1.54) is 6.42 Å². The SMILES string of the molecule is CC1CCCC(C(=O)N(CCO)C2CCC2)N1. The van der Waals surface area contributed by atoms with Crippen molar-refractivity contribution < 1.29 is 9.90 Å². The van der Waals surface area contributed by atoms with E-state index in [1.54, 1.807) is 0 Å². The third kappa shape index (κ3) is 2.99. The zero-order valence-corrected chi connectivity index (χ0v) is 10.7. The second-order valence-electron chi connectivity index (χ2n) is 5.39. The Kier molecular flexibility index (Phi) is 4.40. The Bertz CT molecular complexity index is 266. The lowest BCUT2D eigenvalue weighted by Gasteiger charge is -2.40. The Balaban J connectivity index is 1.94. The zero-order chi connectivity index (χ0) is 12.3. The van der Waals surface area contributed by atoms with Crippen LogP contribution in [0.4, 0.5) is 0 Å². The highest BCUT2D eigenvalue weighted by Gasteiger charge is 2.33. The highest BCUT2D eigenvalue weighted by Crippen LogP contribution is 2.26. The molecule has 0 aromatic carbocycles. The van der Waals surface area contributed by atoms with Crippen LogP contribution >= 0.6 is 0 Å². The van der Waals surface area contributed by atoms with Gasteiger partial charge in [0.25, 0.3) is 0 Å². The largest absolute Gasteiger partial charge is 0.395 e. The van der Waals surface area contributed by atoms with Crippen LogP contribution in [0.15, 0.2) is 0 Å². The number of piperidine rings is 1. The summed E-state index contributed by atoms with van der Waals surface area (Å²) in [7, 11) is 0. The van der Waals surface area contributed by atoms with Crippen LogP contribution in [0.3, 0.4) is 0 Å². The molecule has 0 aromatic rings. The number of hydrogen-bond donors (Lipinski definition) is 2. The van der Waals surface area contributed by atoms with E-state index in [2.05, 4.69) is 12.2 Å². The molecule has 0 radical (unpaired) electrons. The molecule has 0 bridgehead atoms. The van der Waals surface area contributed by atoms with Crippen molar-refractivity contribution in [1.82, 2.24) is 10.2 Å². The summed E-state index contributed by atoms with van der Waals surface area (Å²) in [6.07, 6.45) is 6.66. The normalized spacial score (nSPS) is 29.8. The molecule has 2 aliphatic rings. The molecule has 2 N–H and O–H groups in total. The summed E-state index contributed by atoms with van der Waals surface area (Å²) >= 11 is 0. The fraction of sp³-hybridized carbons (Fsp3) is 0.923. The third-order valence-electron chi connectivity index (χ3n) is 4.05. The monoisotopic (exact) mass is 240 g/mol. The average molecular weight is 240 g/mol. The lowest BCUT2D eigenvalue weighted by atomic mass is 9.90. The van der Waals surface area contributed by atoms with E-state index >= 15 is 0 Å². The molecule has 1 aliphatic heterocycles. The summed E-state index contributed by atoms with van der Waals surface area (Å²) < 4.78 is 0. The fourth-order valence-electron chi connectivity index (χ4n) is 2.81. The first-order valence-corrected chi connectivity index (χ1v) is 6.89. The van der Waals surface area contributed by atoms with Gasteiger partial charge in [0.2, 0.25) is 5.91 Å². The molecule has 1 saturated heterocycles. The van der Waals surface area contributed by atoms with Gasteiger partial charge in [-0.2, -0.15) is 0 Å². The predicted molar refractivity (Wildman–Crippen MR) is 66.7 cm³/mol. The molecule has 2 atom stereocenters. The Morgan fingerprint density at radius 2 is 2.00 bits per heavy atom. The van der Waals surface area contributed by atoms with E-state index in [9.17, 15) is 4.79 Å². The number of carbonyl (C=O) groups is 1. The van der Waals surface area contributed by atoms with Crippen LogP contribution in [0.5, 0.6) is 0 Å². The maximum atomic E-state index is 12.4. The molecule has 2 fully saturated rings. The van der Waals surface area contributed by atoms with Gasteiger partial charge >= 0.3 is 0 Å². The maximum Gasteiger partial charge on any atom is 0.240 e. The smallest absolute Gasteiger partial charge is 0.240 e. The average Bonchev–Trinajstić information content (AvgIpc) is 2.25. The van der Waals surface area contributed by atoms with E-state index < -0.39 is 0 Å². The first-order chi connectivity index (χ1) is 8.22. The highest BCUT2D eigenvalue weighted by molar-refractivity contribution is 5.82. The van der Waals surface area contributed by atoms with Crippen molar-refractivity contribution in [2.75, 3.05) is 13.2 Å². The number of aliphatic hydroxyl groups excluding tert-OH is 1. The number of amides is 1. The van der Waals surface area contributed by atoms with Crippen molar-refractivity contribution in [1.29, 1.82) is 0 Å². The minimum Gasteiger partial charge on any atom is -0.395 e. The second-order valence-corrected chi connectivity index (χ2v) is 5.39. The molecule has 1 saturated carbocycles. The van der Waals surface area contributed by atoms with Crippen molar-refractivity contribution in [2.45, 2.75) is 63.6 Å². The van der Waals surface area contributed by atoms with Gasteiger partial charge in [0.15, 0.2) is 0 Å². The topological polar surface area (TPSA) is 52.6 Å². The molecule has 0 aromatic heterocycles. The molecule has 4 heteroatoms. The van der Waals surface area contributed by atoms with Gasteiger partial charge in [0.05, 0.1) is 12.6 Å². The molecule has 1 heterocycles. The van der Waals surface area contributed by atoms with Crippen molar-refractivity contribution in [3.63, 3.8) is 0 Å². The van der Waals surface area contributed by atoms with Crippen LogP contribution in [0.25, 0.3) is 0 Å². The number of nitrogens with zero attached hydrogens (tertiary/aromatic N) is 1. The van der Waals surface area contributed by atoms with E-state index in [1.807, 2.05) is 4.90 Å². The molecular weight excluding hydrogens is 216 g/mol. The minimum atomic E-state index is -0.0223. The summed E-state index contributed by atoms with van der Waals surface area (Å²) in [6.45, 7) is 2.71. The van der Waals surface area contributed by atoms with Crippen LogP contribution in [0, 0.1) is 0 Å². The van der Waals surface area contributed by atoms with Crippen molar-refractivity contribution >= 4 is 5.91 Å². The quantitative estimate of drug-likeness (QED) is 0.767. The summed E-state index contributed by atoms with van der Waals surface area (Å²) in [5.41, 5.74) is 0. The number of rotatable bonds is 4. The lowest BCUT2D eigenvalue weighted by Crippen LogP contribution is -2.55. The van der Waals surface area contributed by atoms with Gasteiger partial charge in [-0.25, -0.2) is 0 Å². The Morgan fingerprint density at radius 1 is 1.29 bits per heavy atom. The van der Waals surface area contributed by atoms with Crippen molar-refractivity contribution in [2.24, 2.45) is 0 Å². The van der Waals surface area contributed by atoms with E-state index in [4.69, 9.17) is 5.11 Å². The van der Waals surface area contributed by atoms with Gasteiger partial charge in [-0.15, -0.1) is 0 Å². The third-order valence-corrected chi connectivity index (χ3v) is 4.05. The summed E-state index contributed by atoms with van der Waals surface area (Å²) in [4.78, 5) is 14.3. The molecule has 0 spiro atoms. The van der Waals surface area contributed by atoms with Crippen LogP contribution in [0.1, 0.15) is 45.4 Å². The zero-order valence-electron chi connectivity index (χ0n) is 10.7. The van der Waals surface area contributed by atoms with Crippen LogP contribution in [0.2, 0.25) is 0 Å². The number of hydrogen-bond acceptors (Lipinski definition) is 3. The van der Waals surface area contributed by atoms with Crippen LogP contribution in [-0.2, 0) is 4.79 Å². The lowest BCUT2D eigenvalue weighted by molar-refractivity contribution is -0.139. The Hall–Kier alpha value is -0.610. The van der Waals surface area contributed by atoms with Crippen molar-refractivity contribution in [3.8, 4) is 0 Å². The first-order valence-electron chi connectivity index (χ1n) is 6.89. The van der Waals surface area contributed by atoms with Gasteiger partial charge < -0.3 is 15.3 Å². The van der Waals surface area contributed by atoms with Gasteiger partial charge in [-0.3, -0.25) is 4.79 Å². The van der Waals surface area contributed by atoms with Crippen LogP contribution < -0.4 is 5.32 Å². The van der Waals surface area contributed by atoms with Gasteiger partial charge in [0, 0.05) is 18.6 Å². The number of carbonyl (C=O) groups excluding carboxylic acids is 1. The molecular formula is C13H24N2O2. The summed E-state index contributed by atoms with van der Waals surface area (Å²) in [5.74, 6) is 0.204. The van der Waals surface area contributed by atoms with E-state index in [0.717, 1.165) is 32.1 Å². The number of nitrogens with one attached hydrogen (secondary N) is 1. The molecule has 17 heavy (non-hydrogen) atoms. The Labute approximate surface area is 103 Å². The van der Waals surface area contributed by atoms with Gasteiger partial charge in [0.1, 0.15) is 0 Å². The minimum absolute atomic E-state index is 0.0223. The summed E-state index contributed by atoms with van der Waals surface area (Å²) in [5, 5.41) is 12.5. The second kappa shape index (κ2) is 5.83. The van der Waals surface area contributed by atoms with Gasteiger partial charge in [-0.05, 0) is 45.4 Å². The standard InChI is InChI=1S/C13H24N2O2/c1-10-4-2-7-12(14-10)13(17)15(8-9-16)11-5-3-6-11/h10-12,14,16H,2-9H2,1H3. The molecule has 1 amide bonds. The first kappa shape index (κ1) is 12.8. The van der Waals surface area contributed by atoms with Crippen molar-refractivity contribution in [3.05, 3.63) is 0 Å². The van der Waals surface area contributed by atoms with E-state index in [0.29, 0.717) is 18.6 Å².